The van der Waals surface area contributed by atoms with E-state index in [1.165, 1.54) is 11.3 Å². The molecule has 2 aliphatic heterocycles. The second-order valence-electron chi connectivity index (χ2n) is 8.12. The molecule has 0 spiro atoms. The molecule has 2 aliphatic rings. The van der Waals surface area contributed by atoms with Crippen LogP contribution in [0.1, 0.15) is 46.9 Å². The Bertz CT molecular complexity index is 1350. The van der Waals surface area contributed by atoms with Gasteiger partial charge in [-0.05, 0) is 12.5 Å². The van der Waals surface area contributed by atoms with Gasteiger partial charge in [-0.3, -0.25) is 25.4 Å². The van der Waals surface area contributed by atoms with Crippen molar-refractivity contribution in [3.05, 3.63) is 28.4 Å². The number of hydrazine groups is 1. The molecule has 35 heavy (non-hydrogen) atoms. The third-order valence-corrected chi connectivity index (χ3v) is 6.58. The highest BCUT2D eigenvalue weighted by Crippen LogP contribution is 2.34. The van der Waals surface area contributed by atoms with Crippen LogP contribution in [0, 0.1) is 0 Å². The summed E-state index contributed by atoms with van der Waals surface area (Å²) in [6.07, 6.45) is -2.77. The summed E-state index contributed by atoms with van der Waals surface area (Å²) in [5.41, 5.74) is 5.38. The molecule has 0 bridgehead atoms. The fraction of sp³-hybridized carbons (Fsp3) is 0.450. The lowest BCUT2D eigenvalue weighted by atomic mass is 10.2. The Hall–Kier alpha value is -3.62. The first kappa shape index (κ1) is 23.1. The second-order valence-corrected chi connectivity index (χ2v) is 9.24. The molecule has 15 heteroatoms. The zero-order valence-electron chi connectivity index (χ0n) is 18.5. The van der Waals surface area contributed by atoms with Gasteiger partial charge in [-0.15, -0.1) is 21.5 Å². The number of carbonyl (C=O) groups excluding carboxylic acids is 2. The molecule has 0 fully saturated rings. The molecule has 0 aromatic carbocycles. The van der Waals surface area contributed by atoms with Crippen LogP contribution in [0.5, 0.6) is 0 Å². The molecular weight excluding hydrogens is 487 g/mol. The van der Waals surface area contributed by atoms with Crippen LogP contribution in [0.15, 0.2) is 11.1 Å². The fourth-order valence-electron chi connectivity index (χ4n) is 3.80. The maximum absolute atomic E-state index is 13.2. The molecule has 2 amide bonds. The number of aromatic nitrogens is 5. The van der Waals surface area contributed by atoms with E-state index in [4.69, 9.17) is 0 Å². The minimum absolute atomic E-state index is 0.0100. The van der Waals surface area contributed by atoms with Crippen LogP contribution in [0.3, 0.4) is 0 Å². The molecule has 0 aliphatic carbocycles. The Labute approximate surface area is 200 Å². The summed E-state index contributed by atoms with van der Waals surface area (Å²) in [6.45, 7) is 2.85. The Morgan fingerprint density at radius 3 is 2.69 bits per heavy atom. The first-order valence-electron chi connectivity index (χ1n) is 10.9. The van der Waals surface area contributed by atoms with E-state index in [-0.39, 0.29) is 37.7 Å². The van der Waals surface area contributed by atoms with Crippen LogP contribution in [-0.4, -0.2) is 55.3 Å². The maximum Gasteiger partial charge on any atom is 0.451 e. The van der Waals surface area contributed by atoms with Gasteiger partial charge in [-0.2, -0.15) is 13.2 Å². The summed E-state index contributed by atoms with van der Waals surface area (Å²) in [5.74, 6) is -1.74. The molecule has 0 unspecified atom stereocenters. The number of carbonyl (C=O) groups is 2. The average molecular weight is 508 g/mol. The zero-order chi connectivity index (χ0) is 24.7. The monoisotopic (exact) mass is 507 g/mol. The van der Waals surface area contributed by atoms with Gasteiger partial charge in [0.25, 0.3) is 0 Å². The average Bonchev–Trinajstić information content (AvgIpc) is 3.35. The third-order valence-electron chi connectivity index (χ3n) is 5.49. The molecule has 3 aromatic heterocycles. The number of fused-ring (bicyclic) bond motifs is 2. The first-order chi connectivity index (χ1) is 16.7. The van der Waals surface area contributed by atoms with Crippen molar-refractivity contribution < 1.29 is 22.8 Å². The van der Waals surface area contributed by atoms with Gasteiger partial charge in [0, 0.05) is 23.7 Å². The van der Waals surface area contributed by atoms with E-state index in [1.54, 1.807) is 4.90 Å². The van der Waals surface area contributed by atoms with E-state index in [2.05, 4.69) is 36.0 Å². The molecule has 11 nitrogen and oxygen atoms in total. The number of hydrogen-bond donors (Lipinski definition) is 2. The van der Waals surface area contributed by atoms with Gasteiger partial charge in [0.1, 0.15) is 10.6 Å². The lowest BCUT2D eigenvalue weighted by molar-refractivity contribution is -0.147. The number of halogens is 3. The number of hydrogen-bond acceptors (Lipinski definition) is 9. The SMILES string of the molecule is CCCc1cc2c(N3CCn4c(nnc4C(F)(F)F)C3)nc(C(=O)NNC(=O)CC3=NC3)nc2s1. The van der Waals surface area contributed by atoms with E-state index in [1.807, 2.05) is 13.0 Å². The van der Waals surface area contributed by atoms with Crippen molar-refractivity contribution in [1.29, 1.82) is 0 Å². The Kier molecular flexibility index (Phi) is 5.86. The van der Waals surface area contributed by atoms with Crippen molar-refractivity contribution in [1.82, 2.24) is 35.6 Å². The van der Waals surface area contributed by atoms with Crippen LogP contribution >= 0.6 is 11.3 Å². The number of aryl methyl sites for hydroxylation is 1. The normalized spacial score (nSPS) is 15.1. The molecule has 0 saturated heterocycles. The largest absolute Gasteiger partial charge is 0.451 e. The minimum Gasteiger partial charge on any atom is -0.347 e. The number of anilines is 1. The molecule has 2 N–H and O–H groups in total. The number of amides is 2. The van der Waals surface area contributed by atoms with Gasteiger partial charge in [0.2, 0.25) is 17.6 Å². The van der Waals surface area contributed by atoms with Crippen LogP contribution in [0.2, 0.25) is 0 Å². The first-order valence-corrected chi connectivity index (χ1v) is 11.7. The maximum atomic E-state index is 13.2. The standard InChI is InChI=1S/C20H20F3N9O2S/c1-2-3-11-7-12-16(31-4-5-32-13(9-31)27-30-19(32)20(21,22)23)25-15(26-18(12)35-11)17(34)29-28-14(33)6-10-8-24-10/h7H,2-6,8-9H2,1H3,(H,28,33)(H,29,34). The van der Waals surface area contributed by atoms with Crippen molar-refractivity contribution >= 4 is 44.9 Å². The smallest absolute Gasteiger partial charge is 0.347 e. The van der Waals surface area contributed by atoms with Crippen LogP contribution < -0.4 is 15.8 Å². The van der Waals surface area contributed by atoms with Gasteiger partial charge in [-0.25, -0.2) is 9.97 Å². The Balaban J connectivity index is 1.44. The number of aliphatic imine (C=N–C) groups is 1. The van der Waals surface area contributed by atoms with E-state index >= 15 is 0 Å². The number of nitrogens with zero attached hydrogens (tertiary/aromatic N) is 7. The summed E-state index contributed by atoms with van der Waals surface area (Å²) < 4.78 is 40.7. The zero-order valence-corrected chi connectivity index (χ0v) is 19.3. The molecule has 0 atom stereocenters. The molecule has 184 valence electrons. The molecule has 0 radical (unpaired) electrons. The Morgan fingerprint density at radius 1 is 1.17 bits per heavy atom. The Morgan fingerprint density at radius 2 is 1.97 bits per heavy atom. The second kappa shape index (κ2) is 8.87. The van der Waals surface area contributed by atoms with Gasteiger partial charge in [-0.1, -0.05) is 13.3 Å². The van der Waals surface area contributed by atoms with Crippen molar-refractivity contribution in [3.63, 3.8) is 0 Å². The van der Waals surface area contributed by atoms with Gasteiger partial charge in [0.05, 0.1) is 24.9 Å². The summed E-state index contributed by atoms with van der Waals surface area (Å²) in [7, 11) is 0. The van der Waals surface area contributed by atoms with Crippen LogP contribution in [-0.2, 0) is 30.5 Å². The number of nitrogens with one attached hydrogen (secondary N) is 2. The minimum atomic E-state index is -4.60. The molecule has 3 aromatic rings. The van der Waals surface area contributed by atoms with Gasteiger partial charge < -0.3 is 9.47 Å². The summed E-state index contributed by atoms with van der Waals surface area (Å²) in [4.78, 5) is 40.7. The van der Waals surface area contributed by atoms with Crippen LogP contribution in [0.25, 0.3) is 10.2 Å². The lowest BCUT2D eigenvalue weighted by Crippen LogP contribution is -2.43. The van der Waals surface area contributed by atoms with Crippen molar-refractivity contribution in [2.45, 2.75) is 45.5 Å². The van der Waals surface area contributed by atoms with E-state index in [9.17, 15) is 22.8 Å². The third kappa shape index (κ3) is 4.80. The van der Waals surface area contributed by atoms with Gasteiger partial charge in [0.15, 0.2) is 5.82 Å². The lowest BCUT2D eigenvalue weighted by Gasteiger charge is -2.29. The number of thiophene rings is 1. The molecule has 5 rings (SSSR count). The highest BCUT2D eigenvalue weighted by atomic mass is 32.1. The predicted molar refractivity (Wildman–Crippen MR) is 120 cm³/mol. The van der Waals surface area contributed by atoms with Gasteiger partial charge >= 0.3 is 12.1 Å². The molecular formula is C20H20F3N9O2S. The predicted octanol–water partition coefficient (Wildman–Crippen LogP) is 1.88. The topological polar surface area (TPSA) is 130 Å². The van der Waals surface area contributed by atoms with Crippen LogP contribution in [0.4, 0.5) is 19.0 Å². The highest BCUT2D eigenvalue weighted by Gasteiger charge is 2.39. The number of alkyl halides is 3. The number of rotatable bonds is 6. The molecule has 5 heterocycles. The van der Waals surface area contributed by atoms with E-state index in [0.717, 1.165) is 28.0 Å². The summed E-state index contributed by atoms with van der Waals surface area (Å²) >= 11 is 1.42. The summed E-state index contributed by atoms with van der Waals surface area (Å²) in [5, 5.41) is 7.74. The van der Waals surface area contributed by atoms with Crippen molar-refractivity contribution in [3.8, 4) is 0 Å². The van der Waals surface area contributed by atoms with E-state index < -0.39 is 23.8 Å². The van der Waals surface area contributed by atoms with E-state index in [0.29, 0.717) is 22.6 Å². The van der Waals surface area contributed by atoms with Crippen molar-refractivity contribution in [2.24, 2.45) is 4.99 Å². The molecule has 0 saturated carbocycles. The van der Waals surface area contributed by atoms with Crippen molar-refractivity contribution in [2.75, 3.05) is 18.0 Å². The summed E-state index contributed by atoms with van der Waals surface area (Å²) in [6, 6.07) is 1.94. The highest BCUT2D eigenvalue weighted by molar-refractivity contribution is 7.18. The fourth-order valence-corrected chi connectivity index (χ4v) is 4.92. The quantitative estimate of drug-likeness (QED) is 0.487.